The van der Waals surface area contributed by atoms with E-state index in [1.165, 1.54) is 11.8 Å². The molecule has 0 fully saturated rings. The Hall–Kier alpha value is -2.84. The molecule has 0 aliphatic carbocycles. The number of nitrogens with zero attached hydrogens (tertiary/aromatic N) is 2. The second-order valence-corrected chi connectivity index (χ2v) is 7.15. The third-order valence-electron chi connectivity index (χ3n) is 4.35. The summed E-state index contributed by atoms with van der Waals surface area (Å²) in [6.45, 7) is 5.99. The van der Waals surface area contributed by atoms with Gasteiger partial charge in [-0.2, -0.15) is 5.26 Å². The van der Waals surface area contributed by atoms with Crippen LogP contribution in [0.3, 0.4) is 0 Å². The lowest BCUT2D eigenvalue weighted by molar-refractivity contribution is -0.113. The molecule has 0 radical (unpaired) electrons. The number of para-hydroxylation sites is 1. The van der Waals surface area contributed by atoms with E-state index in [1.54, 1.807) is 0 Å². The van der Waals surface area contributed by atoms with Gasteiger partial charge in [0.2, 0.25) is 5.91 Å². The van der Waals surface area contributed by atoms with Crippen molar-refractivity contribution in [3.63, 3.8) is 0 Å². The number of aromatic nitrogens is 1. The molecule has 1 heterocycles. The van der Waals surface area contributed by atoms with Gasteiger partial charge in [-0.25, -0.2) is 4.98 Å². The Labute approximate surface area is 157 Å². The molecular formula is C21H19N3OS. The van der Waals surface area contributed by atoms with E-state index in [-0.39, 0.29) is 11.7 Å². The molecule has 4 nitrogen and oxygen atoms in total. The van der Waals surface area contributed by atoms with Crippen molar-refractivity contribution in [1.29, 1.82) is 5.26 Å². The molecule has 0 saturated carbocycles. The Morgan fingerprint density at radius 3 is 2.65 bits per heavy atom. The largest absolute Gasteiger partial charge is 0.325 e. The van der Waals surface area contributed by atoms with Crippen LogP contribution < -0.4 is 5.32 Å². The highest BCUT2D eigenvalue weighted by atomic mass is 32.2. The highest BCUT2D eigenvalue weighted by molar-refractivity contribution is 8.00. The maximum Gasteiger partial charge on any atom is 0.234 e. The van der Waals surface area contributed by atoms with Gasteiger partial charge < -0.3 is 5.32 Å². The number of hydrogen-bond acceptors (Lipinski definition) is 4. The van der Waals surface area contributed by atoms with Crippen molar-refractivity contribution >= 4 is 34.3 Å². The molecule has 0 aliphatic heterocycles. The van der Waals surface area contributed by atoms with E-state index in [0.29, 0.717) is 10.6 Å². The van der Waals surface area contributed by atoms with Crippen LogP contribution in [0.15, 0.2) is 47.5 Å². The van der Waals surface area contributed by atoms with Crippen molar-refractivity contribution in [2.45, 2.75) is 25.8 Å². The highest BCUT2D eigenvalue weighted by Crippen LogP contribution is 2.26. The number of amides is 1. The standard InChI is InChI=1S/C21H19N3OS/c1-13-6-5-9-18(15(13)3)23-19(25)12-26-21-17(11-22)10-16-8-4-7-14(2)20(16)24-21/h4-10H,12H2,1-3H3,(H,23,25). The predicted octanol–water partition coefficient (Wildman–Crippen LogP) is 4.76. The second kappa shape index (κ2) is 7.59. The van der Waals surface area contributed by atoms with Crippen molar-refractivity contribution in [2.24, 2.45) is 0 Å². The van der Waals surface area contributed by atoms with Crippen LogP contribution in [0.2, 0.25) is 0 Å². The van der Waals surface area contributed by atoms with Gasteiger partial charge in [-0.15, -0.1) is 0 Å². The third-order valence-corrected chi connectivity index (χ3v) is 5.34. The first kappa shape index (κ1) is 18.0. The van der Waals surface area contributed by atoms with Crippen LogP contribution in [0, 0.1) is 32.1 Å². The van der Waals surface area contributed by atoms with Gasteiger partial charge in [0, 0.05) is 11.1 Å². The average molecular weight is 361 g/mol. The molecule has 26 heavy (non-hydrogen) atoms. The SMILES string of the molecule is Cc1cccc(NC(=O)CSc2nc3c(C)cccc3cc2C#N)c1C. The fourth-order valence-corrected chi connectivity index (χ4v) is 3.48. The number of fused-ring (bicyclic) bond motifs is 1. The number of pyridine rings is 1. The van der Waals surface area contributed by atoms with E-state index >= 15 is 0 Å². The average Bonchev–Trinajstić information content (AvgIpc) is 2.63. The zero-order valence-corrected chi connectivity index (χ0v) is 15.8. The summed E-state index contributed by atoms with van der Waals surface area (Å²) in [5.41, 5.74) is 5.42. The zero-order chi connectivity index (χ0) is 18.7. The van der Waals surface area contributed by atoms with Crippen LogP contribution in [0.4, 0.5) is 5.69 Å². The molecule has 0 saturated heterocycles. The molecule has 5 heteroatoms. The fraction of sp³-hybridized carbons (Fsp3) is 0.190. The Morgan fingerprint density at radius 2 is 1.88 bits per heavy atom. The number of thioether (sulfide) groups is 1. The van der Waals surface area contributed by atoms with Gasteiger partial charge in [-0.1, -0.05) is 42.1 Å². The fourth-order valence-electron chi connectivity index (χ4n) is 2.73. The number of rotatable bonds is 4. The van der Waals surface area contributed by atoms with E-state index < -0.39 is 0 Å². The number of nitriles is 1. The van der Waals surface area contributed by atoms with Gasteiger partial charge in [0.15, 0.2) is 0 Å². The maximum absolute atomic E-state index is 12.3. The summed E-state index contributed by atoms with van der Waals surface area (Å²) >= 11 is 1.29. The quantitative estimate of drug-likeness (QED) is 0.680. The van der Waals surface area contributed by atoms with Crippen LogP contribution in [-0.2, 0) is 4.79 Å². The first-order valence-electron chi connectivity index (χ1n) is 8.29. The molecule has 1 N–H and O–H groups in total. The van der Waals surface area contributed by atoms with E-state index in [9.17, 15) is 10.1 Å². The van der Waals surface area contributed by atoms with Crippen LogP contribution in [0.1, 0.15) is 22.3 Å². The summed E-state index contributed by atoms with van der Waals surface area (Å²) in [5.74, 6) is 0.0891. The van der Waals surface area contributed by atoms with Crippen LogP contribution in [0.25, 0.3) is 10.9 Å². The summed E-state index contributed by atoms with van der Waals surface area (Å²) in [5, 5.41) is 13.9. The Morgan fingerprint density at radius 1 is 1.15 bits per heavy atom. The van der Waals surface area contributed by atoms with Gasteiger partial charge in [0.05, 0.1) is 16.8 Å². The van der Waals surface area contributed by atoms with E-state index in [4.69, 9.17) is 0 Å². The number of carbonyl (C=O) groups excluding carboxylic acids is 1. The Kier molecular flexibility index (Phi) is 5.24. The van der Waals surface area contributed by atoms with E-state index in [1.807, 2.05) is 63.2 Å². The summed E-state index contributed by atoms with van der Waals surface area (Å²) in [4.78, 5) is 17.0. The smallest absolute Gasteiger partial charge is 0.234 e. The number of carbonyl (C=O) groups is 1. The zero-order valence-electron chi connectivity index (χ0n) is 15.0. The highest BCUT2D eigenvalue weighted by Gasteiger charge is 2.12. The Bertz CT molecular complexity index is 1040. The molecule has 1 aromatic heterocycles. The molecule has 0 aliphatic rings. The summed E-state index contributed by atoms with van der Waals surface area (Å²) in [6, 6.07) is 15.7. The molecule has 0 atom stereocenters. The Balaban J connectivity index is 1.78. The first-order valence-corrected chi connectivity index (χ1v) is 9.27. The minimum Gasteiger partial charge on any atom is -0.325 e. The van der Waals surface area contributed by atoms with Crippen LogP contribution in [-0.4, -0.2) is 16.6 Å². The monoisotopic (exact) mass is 361 g/mol. The van der Waals surface area contributed by atoms with Crippen molar-refractivity contribution in [2.75, 3.05) is 11.1 Å². The van der Waals surface area contributed by atoms with Gasteiger partial charge in [0.25, 0.3) is 0 Å². The van der Waals surface area contributed by atoms with Crippen molar-refractivity contribution in [3.8, 4) is 6.07 Å². The number of anilines is 1. The van der Waals surface area contributed by atoms with E-state index in [2.05, 4.69) is 16.4 Å². The lowest BCUT2D eigenvalue weighted by atomic mass is 10.1. The normalized spacial score (nSPS) is 10.5. The van der Waals surface area contributed by atoms with Crippen LogP contribution in [0.5, 0.6) is 0 Å². The number of benzene rings is 2. The molecule has 1 amide bonds. The lowest BCUT2D eigenvalue weighted by Crippen LogP contribution is -2.15. The van der Waals surface area contributed by atoms with Crippen molar-refractivity contribution in [1.82, 2.24) is 4.98 Å². The van der Waals surface area contributed by atoms with E-state index in [0.717, 1.165) is 33.3 Å². The molecule has 0 unspecified atom stereocenters. The summed E-state index contributed by atoms with van der Waals surface area (Å²) in [6.07, 6.45) is 0. The molecule has 0 spiro atoms. The topological polar surface area (TPSA) is 65.8 Å². The third kappa shape index (κ3) is 3.71. The van der Waals surface area contributed by atoms with Crippen molar-refractivity contribution < 1.29 is 4.79 Å². The maximum atomic E-state index is 12.3. The summed E-state index contributed by atoms with van der Waals surface area (Å²) < 4.78 is 0. The molecular weight excluding hydrogens is 342 g/mol. The minimum atomic E-state index is -0.112. The molecule has 0 bridgehead atoms. The number of aryl methyl sites for hydroxylation is 2. The molecule has 3 aromatic rings. The number of hydrogen-bond donors (Lipinski definition) is 1. The minimum absolute atomic E-state index is 0.112. The van der Waals surface area contributed by atoms with Crippen LogP contribution >= 0.6 is 11.8 Å². The lowest BCUT2D eigenvalue weighted by Gasteiger charge is -2.11. The molecule has 2 aromatic carbocycles. The summed E-state index contributed by atoms with van der Waals surface area (Å²) in [7, 11) is 0. The molecule has 3 rings (SSSR count). The molecule has 130 valence electrons. The predicted molar refractivity (Wildman–Crippen MR) is 106 cm³/mol. The van der Waals surface area contributed by atoms with Gasteiger partial charge in [-0.05, 0) is 49.6 Å². The first-order chi connectivity index (χ1) is 12.5. The van der Waals surface area contributed by atoms with Crippen molar-refractivity contribution in [3.05, 3.63) is 64.7 Å². The second-order valence-electron chi connectivity index (χ2n) is 6.18. The number of nitrogens with one attached hydrogen (secondary N) is 1. The van der Waals surface area contributed by atoms with Gasteiger partial charge >= 0.3 is 0 Å². The van der Waals surface area contributed by atoms with Gasteiger partial charge in [-0.3, -0.25) is 4.79 Å². The van der Waals surface area contributed by atoms with Gasteiger partial charge in [0.1, 0.15) is 11.1 Å².